The molecule has 0 aliphatic carbocycles. The summed E-state index contributed by atoms with van der Waals surface area (Å²) >= 11 is 0. The minimum Gasteiger partial charge on any atom is -0.396 e. The molecule has 3 amide bonds. The number of amides is 3. The highest BCUT2D eigenvalue weighted by atomic mass is 16.3. The lowest BCUT2D eigenvalue weighted by Crippen LogP contribution is -2.45. The van der Waals surface area contributed by atoms with Gasteiger partial charge >= 0.3 is 6.03 Å². The van der Waals surface area contributed by atoms with Gasteiger partial charge in [0, 0.05) is 37.8 Å². The van der Waals surface area contributed by atoms with E-state index in [0.717, 1.165) is 24.9 Å². The zero-order valence-corrected chi connectivity index (χ0v) is 14.4. The molecule has 1 saturated heterocycles. The van der Waals surface area contributed by atoms with Gasteiger partial charge in [0.05, 0.1) is 0 Å². The summed E-state index contributed by atoms with van der Waals surface area (Å²) in [5, 5.41) is 15.0. The molecule has 1 aliphatic heterocycles. The van der Waals surface area contributed by atoms with Gasteiger partial charge in [-0.3, -0.25) is 4.79 Å². The number of hydrogen-bond acceptors (Lipinski definition) is 3. The average Bonchev–Trinajstić information content (AvgIpc) is 2.59. The van der Waals surface area contributed by atoms with Crippen LogP contribution in [-0.4, -0.2) is 47.7 Å². The van der Waals surface area contributed by atoms with Crippen LogP contribution < -0.4 is 10.6 Å². The van der Waals surface area contributed by atoms with Crippen LogP contribution in [0.1, 0.15) is 42.6 Å². The van der Waals surface area contributed by atoms with Crippen LogP contribution in [0.15, 0.2) is 24.3 Å². The molecule has 1 aromatic carbocycles. The molecule has 24 heavy (non-hydrogen) atoms. The van der Waals surface area contributed by atoms with E-state index in [2.05, 4.69) is 10.6 Å². The lowest BCUT2D eigenvalue weighted by molar-refractivity contribution is 0.0943. The van der Waals surface area contributed by atoms with Crippen molar-refractivity contribution in [3.05, 3.63) is 35.4 Å². The predicted molar refractivity (Wildman–Crippen MR) is 92.7 cm³/mol. The fourth-order valence-corrected chi connectivity index (χ4v) is 2.86. The van der Waals surface area contributed by atoms with Crippen LogP contribution in [0.25, 0.3) is 0 Å². The molecule has 3 N–H and O–H groups in total. The van der Waals surface area contributed by atoms with Gasteiger partial charge in [0.2, 0.25) is 0 Å². The quantitative estimate of drug-likeness (QED) is 0.768. The van der Waals surface area contributed by atoms with Crippen LogP contribution in [0, 0.1) is 5.92 Å². The Bertz CT molecular complexity index is 574. The Morgan fingerprint density at radius 1 is 1.38 bits per heavy atom. The molecule has 0 unspecified atom stereocenters. The van der Waals surface area contributed by atoms with E-state index >= 15 is 0 Å². The van der Waals surface area contributed by atoms with Crippen LogP contribution in [0.3, 0.4) is 0 Å². The number of benzene rings is 1. The Kier molecular flexibility index (Phi) is 6.61. The van der Waals surface area contributed by atoms with Gasteiger partial charge in [-0.05, 0) is 50.3 Å². The van der Waals surface area contributed by atoms with Crippen molar-refractivity contribution in [3.63, 3.8) is 0 Å². The second-order valence-electron chi connectivity index (χ2n) is 6.62. The van der Waals surface area contributed by atoms with Crippen molar-refractivity contribution < 1.29 is 14.7 Å². The van der Waals surface area contributed by atoms with E-state index in [0.29, 0.717) is 18.7 Å². The van der Waals surface area contributed by atoms with E-state index in [9.17, 15) is 14.7 Å². The minimum absolute atomic E-state index is 0.0828. The number of carbonyl (C=O) groups excluding carboxylic acids is 2. The number of rotatable bonds is 5. The standard InChI is InChI=1S/C18H27N3O3/c1-13(2)20-17(23)16-7-3-5-14(9-16)10-19-18(24)21-8-4-6-15(11-21)12-22/h3,5,7,9,13,15,22H,4,6,8,10-12H2,1-2H3,(H,19,24)(H,20,23)/t15-/m1/s1. The van der Waals surface area contributed by atoms with Gasteiger partial charge < -0.3 is 20.6 Å². The molecule has 0 radical (unpaired) electrons. The molecular formula is C18H27N3O3. The van der Waals surface area contributed by atoms with Gasteiger partial charge in [0.1, 0.15) is 0 Å². The molecule has 2 rings (SSSR count). The van der Waals surface area contributed by atoms with Gasteiger partial charge in [-0.25, -0.2) is 4.79 Å². The van der Waals surface area contributed by atoms with Crippen molar-refractivity contribution in [1.29, 1.82) is 0 Å². The minimum atomic E-state index is -0.120. The van der Waals surface area contributed by atoms with E-state index in [1.54, 1.807) is 17.0 Å². The Balaban J connectivity index is 1.89. The molecule has 1 heterocycles. The number of piperidine rings is 1. The van der Waals surface area contributed by atoms with E-state index < -0.39 is 0 Å². The summed E-state index contributed by atoms with van der Waals surface area (Å²) in [5.41, 5.74) is 1.48. The maximum atomic E-state index is 12.3. The number of nitrogens with zero attached hydrogens (tertiary/aromatic N) is 1. The summed E-state index contributed by atoms with van der Waals surface area (Å²) in [6.07, 6.45) is 1.89. The SMILES string of the molecule is CC(C)NC(=O)c1cccc(CNC(=O)N2CCC[C@@H](CO)C2)c1. The number of aliphatic hydroxyl groups excluding tert-OH is 1. The highest BCUT2D eigenvalue weighted by Crippen LogP contribution is 2.15. The van der Waals surface area contributed by atoms with Gasteiger partial charge in [-0.1, -0.05) is 12.1 Å². The number of nitrogens with one attached hydrogen (secondary N) is 2. The molecule has 0 spiro atoms. The normalized spacial score (nSPS) is 17.7. The number of likely N-dealkylation sites (tertiary alicyclic amines) is 1. The first-order chi connectivity index (χ1) is 11.5. The Morgan fingerprint density at radius 3 is 2.88 bits per heavy atom. The molecule has 1 aromatic rings. The van der Waals surface area contributed by atoms with Crippen molar-refractivity contribution in [3.8, 4) is 0 Å². The molecule has 0 bridgehead atoms. The van der Waals surface area contributed by atoms with Gasteiger partial charge in [0.25, 0.3) is 5.91 Å². The number of carbonyl (C=O) groups is 2. The smallest absolute Gasteiger partial charge is 0.317 e. The Morgan fingerprint density at radius 2 is 2.17 bits per heavy atom. The van der Waals surface area contributed by atoms with E-state index in [4.69, 9.17) is 0 Å². The molecule has 132 valence electrons. The molecular weight excluding hydrogens is 306 g/mol. The van der Waals surface area contributed by atoms with Crippen molar-refractivity contribution in [2.45, 2.75) is 39.3 Å². The first-order valence-corrected chi connectivity index (χ1v) is 8.53. The fourth-order valence-electron chi connectivity index (χ4n) is 2.86. The second kappa shape index (κ2) is 8.68. The molecule has 0 aromatic heterocycles. The molecule has 6 heteroatoms. The summed E-state index contributed by atoms with van der Waals surface area (Å²) in [4.78, 5) is 26.0. The largest absolute Gasteiger partial charge is 0.396 e. The van der Waals surface area contributed by atoms with Gasteiger partial charge in [-0.15, -0.1) is 0 Å². The molecule has 1 aliphatic rings. The van der Waals surface area contributed by atoms with Crippen LogP contribution in [-0.2, 0) is 6.54 Å². The predicted octanol–water partition coefficient (Wildman–Crippen LogP) is 1.74. The topological polar surface area (TPSA) is 81.7 Å². The summed E-state index contributed by atoms with van der Waals surface area (Å²) in [6, 6.07) is 7.23. The first kappa shape index (κ1) is 18.3. The average molecular weight is 333 g/mol. The summed E-state index contributed by atoms with van der Waals surface area (Å²) in [5.74, 6) is 0.0625. The third-order valence-electron chi connectivity index (χ3n) is 4.12. The van der Waals surface area contributed by atoms with Crippen molar-refractivity contribution in [2.24, 2.45) is 5.92 Å². The second-order valence-corrected chi connectivity index (χ2v) is 6.62. The zero-order valence-electron chi connectivity index (χ0n) is 14.4. The monoisotopic (exact) mass is 333 g/mol. The number of aliphatic hydroxyl groups is 1. The highest BCUT2D eigenvalue weighted by Gasteiger charge is 2.22. The molecule has 6 nitrogen and oxygen atoms in total. The van der Waals surface area contributed by atoms with Crippen LogP contribution in [0.4, 0.5) is 4.79 Å². The first-order valence-electron chi connectivity index (χ1n) is 8.53. The van der Waals surface area contributed by atoms with Gasteiger partial charge in [-0.2, -0.15) is 0 Å². The van der Waals surface area contributed by atoms with E-state index in [1.807, 2.05) is 26.0 Å². The van der Waals surface area contributed by atoms with E-state index in [-0.39, 0.29) is 30.5 Å². The molecule has 0 saturated carbocycles. The maximum Gasteiger partial charge on any atom is 0.317 e. The Labute approximate surface area is 143 Å². The van der Waals surface area contributed by atoms with Crippen LogP contribution in [0.5, 0.6) is 0 Å². The highest BCUT2D eigenvalue weighted by molar-refractivity contribution is 5.94. The third-order valence-corrected chi connectivity index (χ3v) is 4.12. The summed E-state index contributed by atoms with van der Waals surface area (Å²) in [7, 11) is 0. The number of hydrogen-bond donors (Lipinski definition) is 3. The maximum absolute atomic E-state index is 12.3. The van der Waals surface area contributed by atoms with Crippen LogP contribution >= 0.6 is 0 Å². The van der Waals surface area contributed by atoms with Crippen molar-refractivity contribution >= 4 is 11.9 Å². The van der Waals surface area contributed by atoms with Crippen molar-refractivity contribution in [2.75, 3.05) is 19.7 Å². The van der Waals surface area contributed by atoms with Crippen LogP contribution in [0.2, 0.25) is 0 Å². The summed E-state index contributed by atoms with van der Waals surface area (Å²) < 4.78 is 0. The lowest BCUT2D eigenvalue weighted by atomic mass is 9.99. The van der Waals surface area contributed by atoms with E-state index in [1.165, 1.54) is 0 Å². The van der Waals surface area contributed by atoms with Crippen molar-refractivity contribution in [1.82, 2.24) is 15.5 Å². The summed E-state index contributed by atoms with van der Waals surface area (Å²) in [6.45, 7) is 5.65. The zero-order chi connectivity index (χ0) is 17.5. The number of urea groups is 1. The third kappa shape index (κ3) is 5.23. The lowest BCUT2D eigenvalue weighted by Gasteiger charge is -2.31. The molecule has 1 atom stereocenters. The van der Waals surface area contributed by atoms with Gasteiger partial charge in [0.15, 0.2) is 0 Å². The fraction of sp³-hybridized carbons (Fsp3) is 0.556. The Hall–Kier alpha value is -2.08. The molecule has 1 fully saturated rings.